The van der Waals surface area contributed by atoms with Gasteiger partial charge in [-0.25, -0.2) is 0 Å². The van der Waals surface area contributed by atoms with Crippen molar-refractivity contribution in [1.82, 2.24) is 20.0 Å². The molecule has 1 aromatic heterocycles. The van der Waals surface area contributed by atoms with Crippen molar-refractivity contribution in [3.8, 4) is 0 Å². The van der Waals surface area contributed by atoms with Crippen LogP contribution in [0.4, 0.5) is 0 Å². The molecule has 0 radical (unpaired) electrons. The molecule has 0 atom stereocenters. The molecule has 1 N–H and O–H groups in total. The van der Waals surface area contributed by atoms with Crippen molar-refractivity contribution in [2.45, 2.75) is 26.2 Å². The Bertz CT molecular complexity index is 591. The van der Waals surface area contributed by atoms with Gasteiger partial charge in [0.1, 0.15) is 5.69 Å². The van der Waals surface area contributed by atoms with Gasteiger partial charge in [-0.2, -0.15) is 5.10 Å². The summed E-state index contributed by atoms with van der Waals surface area (Å²) in [6.07, 6.45) is 3.05. The fraction of sp³-hybridized carbons (Fsp3) is 0.625. The topological polar surface area (TPSA) is 93.5 Å². The van der Waals surface area contributed by atoms with E-state index in [0.29, 0.717) is 38.2 Å². The van der Waals surface area contributed by atoms with Crippen molar-refractivity contribution < 1.29 is 19.1 Å². The highest BCUT2D eigenvalue weighted by Gasteiger charge is 2.27. The monoisotopic (exact) mass is 336 g/mol. The van der Waals surface area contributed by atoms with E-state index < -0.39 is 0 Å². The lowest BCUT2D eigenvalue weighted by molar-refractivity contribution is -0.151. The Morgan fingerprint density at radius 3 is 2.62 bits per heavy atom. The van der Waals surface area contributed by atoms with Crippen LogP contribution in [0, 0.1) is 5.92 Å². The summed E-state index contributed by atoms with van der Waals surface area (Å²) in [4.78, 5) is 37.5. The smallest absolute Gasteiger partial charge is 0.309 e. The van der Waals surface area contributed by atoms with Crippen LogP contribution >= 0.6 is 0 Å². The number of aromatic nitrogens is 2. The first-order chi connectivity index (χ1) is 11.5. The van der Waals surface area contributed by atoms with Crippen molar-refractivity contribution in [2.24, 2.45) is 13.0 Å². The summed E-state index contributed by atoms with van der Waals surface area (Å²) in [7, 11) is 1.69. The molecule has 1 aliphatic heterocycles. The molecule has 1 aliphatic rings. The molecule has 1 saturated heterocycles. The lowest BCUT2D eigenvalue weighted by Gasteiger charge is -2.31. The molecule has 2 heterocycles. The first-order valence-electron chi connectivity index (χ1n) is 8.23. The normalized spacial score (nSPS) is 15.2. The SMILES string of the molecule is CCOC(=O)C1CCN(C(=O)CCNC(=O)c2ccnn2C)CC1. The third-order valence-corrected chi connectivity index (χ3v) is 4.15. The summed E-state index contributed by atoms with van der Waals surface area (Å²) in [6.45, 7) is 3.56. The molecule has 0 spiro atoms. The van der Waals surface area contributed by atoms with Crippen molar-refractivity contribution >= 4 is 17.8 Å². The van der Waals surface area contributed by atoms with Crippen LogP contribution in [0.5, 0.6) is 0 Å². The maximum Gasteiger partial charge on any atom is 0.309 e. The predicted octanol–water partition coefficient (Wildman–Crippen LogP) is 0.342. The molecule has 0 aromatic carbocycles. The Hall–Kier alpha value is -2.38. The summed E-state index contributed by atoms with van der Waals surface area (Å²) in [5.74, 6) is -0.544. The molecule has 0 unspecified atom stereocenters. The quantitative estimate of drug-likeness (QED) is 0.756. The second kappa shape index (κ2) is 8.47. The van der Waals surface area contributed by atoms with E-state index in [1.54, 1.807) is 31.1 Å². The van der Waals surface area contributed by atoms with Gasteiger partial charge in [0, 0.05) is 39.3 Å². The van der Waals surface area contributed by atoms with E-state index in [1.165, 1.54) is 4.68 Å². The Morgan fingerprint density at radius 2 is 2.04 bits per heavy atom. The molecule has 1 aromatic rings. The molecular weight excluding hydrogens is 312 g/mol. The number of likely N-dealkylation sites (tertiary alicyclic amines) is 1. The zero-order chi connectivity index (χ0) is 17.5. The van der Waals surface area contributed by atoms with Crippen LogP contribution in [0.25, 0.3) is 0 Å². The standard InChI is InChI=1S/C16H24N4O4/c1-3-24-16(23)12-6-10-20(11-7-12)14(21)5-8-17-15(22)13-4-9-18-19(13)2/h4,9,12H,3,5-8,10-11H2,1-2H3,(H,17,22). The van der Waals surface area contributed by atoms with Crippen LogP contribution in [-0.4, -0.2) is 58.7 Å². The number of esters is 1. The van der Waals surface area contributed by atoms with Gasteiger partial charge in [-0.1, -0.05) is 0 Å². The molecule has 8 heteroatoms. The Morgan fingerprint density at radius 1 is 1.33 bits per heavy atom. The third kappa shape index (κ3) is 4.56. The molecule has 24 heavy (non-hydrogen) atoms. The maximum atomic E-state index is 12.2. The van der Waals surface area contributed by atoms with Gasteiger partial charge in [0.25, 0.3) is 5.91 Å². The molecule has 1 fully saturated rings. The zero-order valence-corrected chi connectivity index (χ0v) is 14.2. The zero-order valence-electron chi connectivity index (χ0n) is 14.2. The number of ether oxygens (including phenoxy) is 1. The number of nitrogens with one attached hydrogen (secondary N) is 1. The molecular formula is C16H24N4O4. The number of aryl methyl sites for hydroxylation is 1. The Kier molecular flexibility index (Phi) is 6.34. The van der Waals surface area contributed by atoms with E-state index in [2.05, 4.69) is 10.4 Å². The molecule has 2 rings (SSSR count). The van der Waals surface area contributed by atoms with Crippen molar-refractivity contribution in [3.63, 3.8) is 0 Å². The van der Waals surface area contributed by atoms with E-state index in [-0.39, 0.29) is 36.7 Å². The summed E-state index contributed by atoms with van der Waals surface area (Å²) < 4.78 is 6.50. The first-order valence-corrected chi connectivity index (χ1v) is 8.23. The minimum Gasteiger partial charge on any atom is -0.466 e. The average Bonchev–Trinajstić information content (AvgIpc) is 3.01. The van der Waals surface area contributed by atoms with Gasteiger partial charge in [0.05, 0.1) is 12.5 Å². The van der Waals surface area contributed by atoms with E-state index in [4.69, 9.17) is 4.74 Å². The summed E-state index contributed by atoms with van der Waals surface area (Å²) in [5, 5.41) is 6.65. The average molecular weight is 336 g/mol. The van der Waals surface area contributed by atoms with Gasteiger partial charge in [-0.05, 0) is 25.8 Å². The van der Waals surface area contributed by atoms with Crippen molar-refractivity contribution in [2.75, 3.05) is 26.2 Å². The largest absolute Gasteiger partial charge is 0.466 e. The van der Waals surface area contributed by atoms with Gasteiger partial charge in [-0.15, -0.1) is 0 Å². The maximum absolute atomic E-state index is 12.2. The molecule has 0 bridgehead atoms. The lowest BCUT2D eigenvalue weighted by atomic mass is 9.97. The van der Waals surface area contributed by atoms with E-state index in [9.17, 15) is 14.4 Å². The minimum atomic E-state index is -0.246. The molecule has 0 saturated carbocycles. The fourth-order valence-electron chi connectivity index (χ4n) is 2.75. The molecule has 132 valence electrons. The van der Waals surface area contributed by atoms with Crippen LogP contribution in [0.3, 0.4) is 0 Å². The Balaban J connectivity index is 1.69. The van der Waals surface area contributed by atoms with Crippen LogP contribution in [0.2, 0.25) is 0 Å². The highest BCUT2D eigenvalue weighted by atomic mass is 16.5. The number of hydrogen-bond acceptors (Lipinski definition) is 5. The van der Waals surface area contributed by atoms with Crippen LogP contribution in [0.1, 0.15) is 36.7 Å². The summed E-state index contributed by atoms with van der Waals surface area (Å²) >= 11 is 0. The van der Waals surface area contributed by atoms with Crippen LogP contribution in [-0.2, 0) is 21.4 Å². The number of carbonyl (C=O) groups excluding carboxylic acids is 3. The van der Waals surface area contributed by atoms with Gasteiger partial charge in [0.2, 0.25) is 5.91 Å². The highest BCUT2D eigenvalue weighted by molar-refractivity contribution is 5.92. The van der Waals surface area contributed by atoms with Crippen LogP contribution in [0.15, 0.2) is 12.3 Å². The summed E-state index contributed by atoms with van der Waals surface area (Å²) in [6, 6.07) is 1.62. The third-order valence-electron chi connectivity index (χ3n) is 4.15. The lowest BCUT2D eigenvalue weighted by Crippen LogP contribution is -2.41. The molecule has 0 aliphatic carbocycles. The minimum absolute atomic E-state index is 0.0115. The van der Waals surface area contributed by atoms with E-state index >= 15 is 0 Å². The van der Waals surface area contributed by atoms with E-state index in [1.807, 2.05) is 0 Å². The highest BCUT2D eigenvalue weighted by Crippen LogP contribution is 2.19. The Labute approximate surface area is 141 Å². The number of rotatable bonds is 6. The first kappa shape index (κ1) is 18.0. The second-order valence-electron chi connectivity index (χ2n) is 5.75. The van der Waals surface area contributed by atoms with Crippen LogP contribution < -0.4 is 5.32 Å². The number of hydrogen-bond donors (Lipinski definition) is 1. The number of amides is 2. The van der Waals surface area contributed by atoms with Crippen molar-refractivity contribution in [1.29, 1.82) is 0 Å². The second-order valence-corrected chi connectivity index (χ2v) is 5.75. The number of nitrogens with zero attached hydrogens (tertiary/aromatic N) is 3. The number of carbonyl (C=O) groups is 3. The fourth-order valence-corrected chi connectivity index (χ4v) is 2.75. The summed E-state index contributed by atoms with van der Waals surface area (Å²) in [5.41, 5.74) is 0.456. The van der Waals surface area contributed by atoms with Gasteiger partial charge < -0.3 is 15.0 Å². The number of piperidine rings is 1. The van der Waals surface area contributed by atoms with Crippen molar-refractivity contribution in [3.05, 3.63) is 18.0 Å². The van der Waals surface area contributed by atoms with Gasteiger partial charge >= 0.3 is 5.97 Å². The van der Waals surface area contributed by atoms with Gasteiger partial charge in [0.15, 0.2) is 0 Å². The van der Waals surface area contributed by atoms with E-state index in [0.717, 1.165) is 0 Å². The molecule has 8 nitrogen and oxygen atoms in total. The van der Waals surface area contributed by atoms with Gasteiger partial charge in [-0.3, -0.25) is 19.1 Å². The molecule has 2 amide bonds. The predicted molar refractivity (Wildman–Crippen MR) is 86.1 cm³/mol.